The Morgan fingerprint density at radius 2 is 1.96 bits per heavy atom. The van der Waals surface area contributed by atoms with Gasteiger partial charge in [0.05, 0.1) is 16.3 Å². The zero-order chi connectivity index (χ0) is 19.3. The van der Waals surface area contributed by atoms with Crippen molar-refractivity contribution < 1.29 is 17.9 Å². The van der Waals surface area contributed by atoms with Crippen molar-refractivity contribution in [3.8, 4) is 11.8 Å². The van der Waals surface area contributed by atoms with Gasteiger partial charge in [-0.05, 0) is 29.8 Å². The Hall–Kier alpha value is -2.89. The Bertz CT molecular complexity index is 875. The third-order valence-corrected chi connectivity index (χ3v) is 3.73. The third kappa shape index (κ3) is 4.59. The quantitative estimate of drug-likeness (QED) is 0.417. The van der Waals surface area contributed by atoms with E-state index in [0.717, 1.165) is 6.07 Å². The lowest BCUT2D eigenvalue weighted by Gasteiger charge is -2.12. The van der Waals surface area contributed by atoms with Crippen LogP contribution in [0, 0.1) is 11.3 Å². The minimum Gasteiger partial charge on any atom is -0.489 e. The fraction of sp³-hybridized carbons (Fsp3) is 0.118. The summed E-state index contributed by atoms with van der Waals surface area (Å²) < 4.78 is 43.7. The van der Waals surface area contributed by atoms with E-state index in [2.05, 4.69) is 5.43 Å². The molecule has 0 saturated heterocycles. The van der Waals surface area contributed by atoms with E-state index in [1.165, 1.54) is 12.1 Å². The summed E-state index contributed by atoms with van der Waals surface area (Å²) in [4.78, 5) is 0. The van der Waals surface area contributed by atoms with Gasteiger partial charge < -0.3 is 15.9 Å². The molecule has 26 heavy (non-hydrogen) atoms. The summed E-state index contributed by atoms with van der Waals surface area (Å²) >= 11 is 5.68. The van der Waals surface area contributed by atoms with Crippen LogP contribution in [0.1, 0.15) is 16.7 Å². The lowest BCUT2D eigenvalue weighted by molar-refractivity contribution is -0.137. The number of nitrogens with one attached hydrogen (secondary N) is 1. The molecule has 0 aliphatic rings. The van der Waals surface area contributed by atoms with Crippen molar-refractivity contribution in [2.24, 2.45) is 11.6 Å². The first kappa shape index (κ1) is 19.4. The molecule has 5 N–H and O–H groups in total. The average molecular weight is 383 g/mol. The van der Waals surface area contributed by atoms with E-state index in [9.17, 15) is 13.2 Å². The molecule has 2 aromatic carbocycles. The number of hydrazine groups is 1. The van der Waals surface area contributed by atoms with E-state index in [4.69, 9.17) is 33.2 Å². The molecule has 2 rings (SSSR count). The normalized spacial score (nSPS) is 12.2. The van der Waals surface area contributed by atoms with Crippen molar-refractivity contribution in [3.63, 3.8) is 0 Å². The first-order valence-corrected chi connectivity index (χ1v) is 7.59. The van der Waals surface area contributed by atoms with Crippen molar-refractivity contribution in [3.05, 3.63) is 69.9 Å². The first-order chi connectivity index (χ1) is 12.3. The van der Waals surface area contributed by atoms with Gasteiger partial charge in [-0.3, -0.25) is 0 Å². The number of nitrogens with two attached hydrogens (primary N) is 2. The monoisotopic (exact) mass is 382 g/mol. The molecule has 0 radical (unpaired) electrons. The highest BCUT2D eigenvalue weighted by atomic mass is 35.5. The molecule has 0 aromatic heterocycles. The maximum atomic E-state index is 12.7. The van der Waals surface area contributed by atoms with Crippen LogP contribution in [0.2, 0.25) is 5.02 Å². The fourth-order valence-electron chi connectivity index (χ4n) is 2.11. The zero-order valence-electron chi connectivity index (χ0n) is 13.3. The summed E-state index contributed by atoms with van der Waals surface area (Å²) in [6.07, 6.45) is -4.51. The van der Waals surface area contributed by atoms with Crippen LogP contribution < -0.4 is 21.7 Å². The zero-order valence-corrected chi connectivity index (χ0v) is 14.0. The number of nitrogens with zero attached hydrogens (tertiary/aromatic N) is 1. The van der Waals surface area contributed by atoms with Crippen molar-refractivity contribution in [1.29, 1.82) is 5.26 Å². The van der Waals surface area contributed by atoms with Crippen molar-refractivity contribution in [1.82, 2.24) is 5.43 Å². The van der Waals surface area contributed by atoms with Crippen LogP contribution in [0.15, 0.2) is 48.2 Å². The fourth-order valence-corrected chi connectivity index (χ4v) is 2.42. The number of allylic oxidation sites excluding steroid dienone is 1. The Labute approximate surface area is 152 Å². The Balaban J connectivity index is 2.16. The smallest absolute Gasteiger partial charge is 0.417 e. The number of rotatable bonds is 5. The molecule has 9 heteroatoms. The predicted octanol–water partition coefficient (Wildman–Crippen LogP) is 3.55. The summed E-state index contributed by atoms with van der Waals surface area (Å²) in [7, 11) is 0. The van der Waals surface area contributed by atoms with Gasteiger partial charge in [0.1, 0.15) is 18.4 Å². The molecule has 136 valence electrons. The van der Waals surface area contributed by atoms with Gasteiger partial charge in [-0.2, -0.15) is 18.4 Å². The molecule has 0 aliphatic carbocycles. The van der Waals surface area contributed by atoms with E-state index in [1.807, 2.05) is 6.07 Å². The molecule has 0 bridgehead atoms. The van der Waals surface area contributed by atoms with Gasteiger partial charge in [0.2, 0.25) is 0 Å². The number of ether oxygens (including phenoxy) is 1. The molecule has 0 fully saturated rings. The van der Waals surface area contributed by atoms with Gasteiger partial charge in [-0.15, -0.1) is 0 Å². The number of halogens is 4. The van der Waals surface area contributed by atoms with Crippen molar-refractivity contribution in [2.45, 2.75) is 12.8 Å². The van der Waals surface area contributed by atoms with Gasteiger partial charge in [0.25, 0.3) is 0 Å². The Morgan fingerprint density at radius 3 is 2.54 bits per heavy atom. The standard InChI is InChI=1S/C17H14ClF3N4O/c18-14-6-10(4-5-13(14)17(19,20)21)9-26-12-3-1-2-11(7-12)16(23)15(8-22)25-24/h1-7,25H,9,23-24H2/b16-15-. The highest BCUT2D eigenvalue weighted by molar-refractivity contribution is 6.31. The first-order valence-electron chi connectivity index (χ1n) is 7.21. The number of alkyl halides is 3. The SMILES string of the molecule is N#C/C(NN)=C(/N)c1cccc(OCc2ccc(C(F)(F)F)c(Cl)c2)c1. The van der Waals surface area contributed by atoms with Crippen LogP contribution in [0.3, 0.4) is 0 Å². The Kier molecular flexibility index (Phi) is 5.97. The third-order valence-electron chi connectivity index (χ3n) is 3.41. The van der Waals surface area contributed by atoms with E-state index >= 15 is 0 Å². The minimum atomic E-state index is -4.51. The molecule has 0 amide bonds. The second-order valence-electron chi connectivity index (χ2n) is 5.17. The maximum absolute atomic E-state index is 12.7. The molecule has 0 heterocycles. The van der Waals surface area contributed by atoms with Gasteiger partial charge in [-0.25, -0.2) is 5.84 Å². The van der Waals surface area contributed by atoms with Crippen LogP contribution in [0.4, 0.5) is 13.2 Å². The topological polar surface area (TPSA) is 97.1 Å². The Morgan fingerprint density at radius 1 is 1.23 bits per heavy atom. The largest absolute Gasteiger partial charge is 0.489 e. The second-order valence-corrected chi connectivity index (χ2v) is 5.58. The molecule has 2 aromatic rings. The molecule has 0 saturated carbocycles. The van der Waals surface area contributed by atoms with Crippen LogP contribution in [-0.4, -0.2) is 0 Å². The number of nitriles is 1. The van der Waals surface area contributed by atoms with Crippen molar-refractivity contribution >= 4 is 17.3 Å². The summed E-state index contributed by atoms with van der Waals surface area (Å²) in [5.41, 5.74) is 8.25. The maximum Gasteiger partial charge on any atom is 0.417 e. The van der Waals surface area contributed by atoms with Crippen LogP contribution in [0.5, 0.6) is 5.75 Å². The van der Waals surface area contributed by atoms with Crippen molar-refractivity contribution in [2.75, 3.05) is 0 Å². The highest BCUT2D eigenvalue weighted by Crippen LogP contribution is 2.35. The molecule has 5 nitrogen and oxygen atoms in total. The van der Waals surface area contributed by atoms with Crippen LogP contribution >= 0.6 is 11.6 Å². The summed E-state index contributed by atoms with van der Waals surface area (Å²) in [6, 6.07) is 11.8. The van der Waals surface area contributed by atoms with Crippen LogP contribution in [0.25, 0.3) is 5.70 Å². The van der Waals surface area contributed by atoms with E-state index in [0.29, 0.717) is 16.9 Å². The van der Waals surface area contributed by atoms with Gasteiger partial charge in [-0.1, -0.05) is 29.8 Å². The molecule has 0 spiro atoms. The lowest BCUT2D eigenvalue weighted by atomic mass is 10.1. The van der Waals surface area contributed by atoms with E-state index < -0.39 is 16.8 Å². The van der Waals surface area contributed by atoms with E-state index in [-0.39, 0.29) is 18.0 Å². The van der Waals surface area contributed by atoms with Gasteiger partial charge in [0.15, 0.2) is 5.70 Å². The number of hydrogen-bond acceptors (Lipinski definition) is 5. The second kappa shape index (κ2) is 7.99. The molecule has 0 atom stereocenters. The highest BCUT2D eigenvalue weighted by Gasteiger charge is 2.32. The summed E-state index contributed by atoms with van der Waals surface area (Å²) in [6.45, 7) is 0.00513. The van der Waals surface area contributed by atoms with Gasteiger partial charge in [0, 0.05) is 5.56 Å². The number of hydrogen-bond donors (Lipinski definition) is 3. The summed E-state index contributed by atoms with van der Waals surface area (Å²) in [5.74, 6) is 5.63. The minimum absolute atomic E-state index is 0.00308. The lowest BCUT2D eigenvalue weighted by Crippen LogP contribution is -2.23. The van der Waals surface area contributed by atoms with Crippen LogP contribution in [-0.2, 0) is 12.8 Å². The molecule has 0 aliphatic heterocycles. The molecule has 0 unspecified atom stereocenters. The predicted molar refractivity (Wildman–Crippen MR) is 91.3 cm³/mol. The van der Waals surface area contributed by atoms with Gasteiger partial charge >= 0.3 is 6.18 Å². The molecular formula is C17H14ClF3N4O. The summed E-state index contributed by atoms with van der Waals surface area (Å²) in [5, 5.41) is 8.53. The average Bonchev–Trinajstić information content (AvgIpc) is 2.60. The molecular weight excluding hydrogens is 369 g/mol. The van der Waals surface area contributed by atoms with E-state index in [1.54, 1.807) is 24.3 Å². The number of benzene rings is 2.